The predicted octanol–water partition coefficient (Wildman–Crippen LogP) is 3.42. The zero-order chi connectivity index (χ0) is 18.2. The Hall–Kier alpha value is -1.03. The number of hydrogen-bond donors (Lipinski definition) is 0. The van der Waals surface area contributed by atoms with Crippen LogP contribution in [0.25, 0.3) is 0 Å². The van der Waals surface area contributed by atoms with Crippen molar-refractivity contribution < 1.29 is 13.2 Å². The summed E-state index contributed by atoms with van der Waals surface area (Å²) >= 11 is 5.05. The molecule has 0 spiro atoms. The van der Waals surface area contributed by atoms with Gasteiger partial charge < -0.3 is 9.30 Å². The summed E-state index contributed by atoms with van der Waals surface area (Å²) in [5, 5.41) is -0.224. The van der Waals surface area contributed by atoms with Crippen molar-refractivity contribution in [1.29, 1.82) is 0 Å². The van der Waals surface area contributed by atoms with E-state index in [1.807, 2.05) is 36.6 Å². The Balaban J connectivity index is 2.02. The first-order valence-electron chi connectivity index (χ1n) is 7.89. The Morgan fingerprint density at radius 2 is 2.20 bits per heavy atom. The van der Waals surface area contributed by atoms with Gasteiger partial charge >= 0.3 is 0 Å². The minimum absolute atomic E-state index is 0.105. The van der Waals surface area contributed by atoms with E-state index < -0.39 is 10.0 Å². The van der Waals surface area contributed by atoms with E-state index in [1.54, 1.807) is 25.1 Å². The number of aromatic nitrogens is 2. The van der Waals surface area contributed by atoms with Gasteiger partial charge in [-0.2, -0.15) is 4.31 Å². The number of imidazole rings is 1. The SMILES string of the molecule is CCn1cc(S(=O)(=O)N2CCSC2c2cc(Br)ccc2OC)nc1C. The number of thioether (sulfide) groups is 1. The lowest BCUT2D eigenvalue weighted by Gasteiger charge is -2.24. The Morgan fingerprint density at radius 3 is 2.84 bits per heavy atom. The number of sulfonamides is 1. The molecule has 1 aliphatic heterocycles. The first-order valence-corrected chi connectivity index (χ1v) is 11.2. The fraction of sp³-hybridized carbons (Fsp3) is 0.438. The van der Waals surface area contributed by atoms with E-state index >= 15 is 0 Å². The second-order valence-corrected chi connectivity index (χ2v) is 9.58. The molecule has 1 aromatic carbocycles. The summed E-state index contributed by atoms with van der Waals surface area (Å²) in [6, 6.07) is 5.65. The molecule has 3 rings (SSSR count). The summed E-state index contributed by atoms with van der Waals surface area (Å²) in [4.78, 5) is 4.27. The average molecular weight is 446 g/mol. The molecular formula is C16H20BrN3O3S2. The summed E-state index contributed by atoms with van der Waals surface area (Å²) in [6.45, 7) is 4.92. The van der Waals surface area contributed by atoms with Crippen LogP contribution < -0.4 is 4.74 Å². The molecule has 6 nitrogen and oxygen atoms in total. The predicted molar refractivity (Wildman–Crippen MR) is 102 cm³/mol. The largest absolute Gasteiger partial charge is 0.496 e. The highest BCUT2D eigenvalue weighted by atomic mass is 79.9. The molecule has 0 bridgehead atoms. The van der Waals surface area contributed by atoms with E-state index in [1.165, 1.54) is 4.31 Å². The van der Waals surface area contributed by atoms with Crippen LogP contribution in [0.1, 0.15) is 23.7 Å². The highest BCUT2D eigenvalue weighted by Gasteiger charge is 2.39. The van der Waals surface area contributed by atoms with Crippen molar-refractivity contribution in [3.8, 4) is 5.75 Å². The van der Waals surface area contributed by atoms with Crippen molar-refractivity contribution in [3.05, 3.63) is 40.3 Å². The molecule has 0 radical (unpaired) electrons. The van der Waals surface area contributed by atoms with E-state index in [9.17, 15) is 8.42 Å². The Morgan fingerprint density at radius 1 is 1.44 bits per heavy atom. The molecule has 25 heavy (non-hydrogen) atoms. The van der Waals surface area contributed by atoms with Crippen LogP contribution in [0, 0.1) is 6.92 Å². The van der Waals surface area contributed by atoms with Crippen LogP contribution in [0.5, 0.6) is 5.75 Å². The molecule has 1 aromatic heterocycles. The van der Waals surface area contributed by atoms with Gasteiger partial charge in [-0.3, -0.25) is 0 Å². The fourth-order valence-corrected chi connectivity index (χ4v) is 6.51. The third-order valence-corrected chi connectivity index (χ3v) is 7.78. The summed E-state index contributed by atoms with van der Waals surface area (Å²) in [5.74, 6) is 2.11. The lowest BCUT2D eigenvalue weighted by molar-refractivity contribution is 0.389. The summed E-state index contributed by atoms with van der Waals surface area (Å²) in [5.41, 5.74) is 0.842. The van der Waals surface area contributed by atoms with Crippen LogP contribution in [0.2, 0.25) is 0 Å². The summed E-state index contributed by atoms with van der Waals surface area (Å²) < 4.78 is 36.0. The van der Waals surface area contributed by atoms with E-state index in [4.69, 9.17) is 4.74 Å². The normalized spacial score (nSPS) is 18.6. The zero-order valence-electron chi connectivity index (χ0n) is 14.3. The van der Waals surface area contributed by atoms with Crippen LogP contribution in [-0.4, -0.2) is 41.7 Å². The molecule has 136 valence electrons. The molecule has 1 saturated heterocycles. The molecule has 2 aromatic rings. The van der Waals surface area contributed by atoms with E-state index in [2.05, 4.69) is 20.9 Å². The van der Waals surface area contributed by atoms with Gasteiger partial charge in [0.2, 0.25) is 0 Å². The topological polar surface area (TPSA) is 64.4 Å². The van der Waals surface area contributed by atoms with Gasteiger partial charge in [0.1, 0.15) is 11.6 Å². The van der Waals surface area contributed by atoms with Crippen LogP contribution >= 0.6 is 27.7 Å². The Labute approximate surface area is 160 Å². The number of ether oxygens (including phenoxy) is 1. The molecule has 1 atom stereocenters. The molecule has 1 fully saturated rings. The van der Waals surface area contributed by atoms with Gasteiger partial charge in [-0.15, -0.1) is 11.8 Å². The molecule has 0 amide bonds. The van der Waals surface area contributed by atoms with Crippen molar-refractivity contribution in [2.75, 3.05) is 19.4 Å². The molecule has 1 unspecified atom stereocenters. The lowest BCUT2D eigenvalue weighted by atomic mass is 10.2. The van der Waals surface area contributed by atoms with Crippen molar-refractivity contribution >= 4 is 37.7 Å². The van der Waals surface area contributed by atoms with Gasteiger partial charge in [-0.05, 0) is 32.0 Å². The number of halogens is 1. The first-order chi connectivity index (χ1) is 11.9. The first kappa shape index (κ1) is 18.8. The second kappa shape index (κ2) is 7.30. The quantitative estimate of drug-likeness (QED) is 0.705. The maximum absolute atomic E-state index is 13.2. The third-order valence-electron chi connectivity index (χ3n) is 4.17. The van der Waals surface area contributed by atoms with Crippen LogP contribution in [-0.2, 0) is 16.6 Å². The van der Waals surface area contributed by atoms with Gasteiger partial charge in [0.05, 0.1) is 12.5 Å². The molecule has 1 aliphatic rings. The lowest BCUT2D eigenvalue weighted by Crippen LogP contribution is -2.31. The summed E-state index contributed by atoms with van der Waals surface area (Å²) in [7, 11) is -2.08. The fourth-order valence-electron chi connectivity index (χ4n) is 2.89. The molecule has 0 N–H and O–H groups in total. The maximum Gasteiger partial charge on any atom is 0.263 e. The zero-order valence-corrected chi connectivity index (χ0v) is 17.5. The summed E-state index contributed by atoms with van der Waals surface area (Å²) in [6.07, 6.45) is 1.61. The molecule has 9 heteroatoms. The maximum atomic E-state index is 13.2. The van der Waals surface area contributed by atoms with E-state index in [0.717, 1.165) is 15.8 Å². The standard InChI is InChI=1S/C16H20BrN3O3S2/c1-4-19-10-15(18-11(19)2)25(21,22)20-7-8-24-16(20)13-9-12(17)5-6-14(13)23-3/h5-6,9-10,16H,4,7-8H2,1-3H3. The van der Waals surface area contributed by atoms with Crippen molar-refractivity contribution in [2.24, 2.45) is 0 Å². The molecular weight excluding hydrogens is 426 g/mol. The minimum Gasteiger partial charge on any atom is -0.496 e. The Bertz CT molecular complexity index is 883. The van der Waals surface area contributed by atoms with Gasteiger partial charge in [-0.25, -0.2) is 13.4 Å². The van der Waals surface area contributed by atoms with Gasteiger partial charge in [0.25, 0.3) is 10.0 Å². The second-order valence-electron chi connectivity index (χ2n) is 5.64. The highest BCUT2D eigenvalue weighted by molar-refractivity contribution is 9.10. The molecule has 0 aliphatic carbocycles. The average Bonchev–Trinajstić information content (AvgIpc) is 3.21. The number of nitrogens with zero attached hydrogens (tertiary/aromatic N) is 3. The van der Waals surface area contributed by atoms with Crippen LogP contribution in [0.15, 0.2) is 33.9 Å². The number of methoxy groups -OCH3 is 1. The third kappa shape index (κ3) is 3.47. The van der Waals surface area contributed by atoms with Crippen molar-refractivity contribution in [3.63, 3.8) is 0 Å². The number of aryl methyl sites for hydroxylation is 2. The van der Waals surface area contributed by atoms with Crippen molar-refractivity contribution in [2.45, 2.75) is 30.8 Å². The van der Waals surface area contributed by atoms with Gasteiger partial charge in [0, 0.05) is 35.1 Å². The van der Waals surface area contributed by atoms with Crippen LogP contribution in [0.3, 0.4) is 0 Å². The van der Waals surface area contributed by atoms with E-state index in [0.29, 0.717) is 24.7 Å². The number of benzene rings is 1. The molecule has 2 heterocycles. The monoisotopic (exact) mass is 445 g/mol. The van der Waals surface area contributed by atoms with Crippen LogP contribution in [0.4, 0.5) is 0 Å². The van der Waals surface area contributed by atoms with Crippen molar-refractivity contribution in [1.82, 2.24) is 13.9 Å². The molecule has 0 saturated carbocycles. The Kier molecular flexibility index (Phi) is 5.48. The van der Waals surface area contributed by atoms with Gasteiger partial charge in [0.15, 0.2) is 5.03 Å². The highest BCUT2D eigenvalue weighted by Crippen LogP contribution is 2.45. The minimum atomic E-state index is -3.68. The number of rotatable bonds is 5. The van der Waals surface area contributed by atoms with Gasteiger partial charge in [-0.1, -0.05) is 15.9 Å². The van der Waals surface area contributed by atoms with E-state index in [-0.39, 0.29) is 10.4 Å². The number of hydrogen-bond acceptors (Lipinski definition) is 5. The smallest absolute Gasteiger partial charge is 0.263 e.